The van der Waals surface area contributed by atoms with Crippen LogP contribution in [0.4, 0.5) is 5.69 Å². The van der Waals surface area contributed by atoms with E-state index in [-0.39, 0.29) is 0 Å². The molecule has 1 aliphatic heterocycles. The molecule has 0 amide bonds. The van der Waals surface area contributed by atoms with Gasteiger partial charge in [0.1, 0.15) is 18.1 Å². The molecular formula is C23H21NO5S2. The molecule has 1 unspecified atom stereocenters. The molecule has 0 spiro atoms. The van der Waals surface area contributed by atoms with E-state index in [0.29, 0.717) is 23.8 Å². The number of hydrogen-bond donors (Lipinski definition) is 1. The third-order valence-electron chi connectivity index (χ3n) is 4.67. The summed E-state index contributed by atoms with van der Waals surface area (Å²) in [5, 5.41) is 0. The van der Waals surface area contributed by atoms with Gasteiger partial charge in [0.05, 0.1) is 28.7 Å². The predicted octanol–water partition coefficient (Wildman–Crippen LogP) is 4.27. The molecule has 31 heavy (non-hydrogen) atoms. The van der Waals surface area contributed by atoms with Gasteiger partial charge in [-0.15, -0.1) is 11.3 Å². The molecule has 0 aliphatic carbocycles. The van der Waals surface area contributed by atoms with Crippen molar-refractivity contribution in [2.75, 3.05) is 31.8 Å². The summed E-state index contributed by atoms with van der Waals surface area (Å²) in [7, 11) is -0.188. The van der Waals surface area contributed by atoms with E-state index in [4.69, 9.17) is 14.2 Å². The van der Waals surface area contributed by atoms with Crippen molar-refractivity contribution in [1.29, 1.82) is 0 Å². The first-order valence-corrected chi connectivity index (χ1v) is 12.1. The topological polar surface area (TPSA) is 73.9 Å². The Bertz CT molecular complexity index is 1280. The number of benzene rings is 2. The number of methoxy groups -OCH3 is 2. The molecule has 0 bridgehead atoms. The van der Waals surface area contributed by atoms with Crippen LogP contribution in [0.5, 0.6) is 11.5 Å². The second kappa shape index (κ2) is 8.63. The summed E-state index contributed by atoms with van der Waals surface area (Å²) in [6.45, 7) is 0.365. The summed E-state index contributed by atoms with van der Waals surface area (Å²) in [6, 6.07) is 15.1. The molecule has 1 N–H and O–H groups in total. The first-order chi connectivity index (χ1) is 14.9. The smallest absolute Gasteiger partial charge is 0.229 e. The molecule has 1 atom stereocenters. The zero-order chi connectivity index (χ0) is 22.0. The van der Waals surface area contributed by atoms with Gasteiger partial charge in [0, 0.05) is 18.4 Å². The molecule has 2 aromatic carbocycles. The molecule has 2 heterocycles. The Morgan fingerprint density at radius 3 is 2.74 bits per heavy atom. The van der Waals surface area contributed by atoms with Gasteiger partial charge in [0.25, 0.3) is 0 Å². The lowest BCUT2D eigenvalue weighted by molar-refractivity contribution is 0.240. The van der Waals surface area contributed by atoms with Crippen LogP contribution in [-0.2, 0) is 14.8 Å². The fourth-order valence-corrected chi connectivity index (χ4v) is 4.97. The van der Waals surface area contributed by atoms with Gasteiger partial charge in [0.2, 0.25) is 10.0 Å². The molecule has 3 aromatic rings. The number of ether oxygens (including phenoxy) is 3. The minimum Gasteiger partial charge on any atom is -0.496 e. The SMILES string of the molecule is COCC#Cc1ccc(C2Oc3cccc(OC)c3-c3ccc(NS(C)(=O)=O)cc32)s1. The number of hydrogen-bond acceptors (Lipinski definition) is 6. The normalized spacial score (nSPS) is 14.5. The van der Waals surface area contributed by atoms with E-state index in [0.717, 1.165) is 32.7 Å². The van der Waals surface area contributed by atoms with Gasteiger partial charge in [-0.25, -0.2) is 8.42 Å². The molecule has 1 aromatic heterocycles. The third-order valence-corrected chi connectivity index (χ3v) is 6.32. The van der Waals surface area contributed by atoms with Gasteiger partial charge in [-0.05, 0) is 42.0 Å². The first kappa shape index (κ1) is 21.2. The highest BCUT2D eigenvalue weighted by Gasteiger charge is 2.31. The van der Waals surface area contributed by atoms with Crippen molar-refractivity contribution < 1.29 is 22.6 Å². The monoisotopic (exact) mass is 455 g/mol. The minimum absolute atomic E-state index is 0.365. The maximum absolute atomic E-state index is 11.8. The molecule has 4 rings (SSSR count). The van der Waals surface area contributed by atoms with Gasteiger partial charge < -0.3 is 14.2 Å². The Hall–Kier alpha value is -2.99. The van der Waals surface area contributed by atoms with Crippen molar-refractivity contribution in [2.24, 2.45) is 0 Å². The van der Waals surface area contributed by atoms with Gasteiger partial charge in [-0.2, -0.15) is 0 Å². The number of sulfonamides is 1. The van der Waals surface area contributed by atoms with Crippen LogP contribution in [0.2, 0.25) is 0 Å². The Balaban J connectivity index is 1.83. The summed E-state index contributed by atoms with van der Waals surface area (Å²) in [6.07, 6.45) is 0.724. The van der Waals surface area contributed by atoms with Gasteiger partial charge in [-0.3, -0.25) is 4.72 Å². The van der Waals surface area contributed by atoms with E-state index in [1.54, 1.807) is 20.3 Å². The van der Waals surface area contributed by atoms with Crippen LogP contribution in [0, 0.1) is 11.8 Å². The molecule has 0 saturated carbocycles. The Morgan fingerprint density at radius 2 is 2.00 bits per heavy atom. The van der Waals surface area contributed by atoms with Crippen LogP contribution in [0.25, 0.3) is 11.1 Å². The molecule has 0 saturated heterocycles. The van der Waals surface area contributed by atoms with Gasteiger partial charge in [-0.1, -0.05) is 24.0 Å². The zero-order valence-corrected chi connectivity index (χ0v) is 18.9. The quantitative estimate of drug-likeness (QED) is 0.582. The number of nitrogens with one attached hydrogen (secondary N) is 1. The van der Waals surface area contributed by atoms with Crippen LogP contribution in [0.15, 0.2) is 48.5 Å². The lowest BCUT2D eigenvalue weighted by atomic mass is 9.91. The summed E-state index contributed by atoms with van der Waals surface area (Å²) in [5.41, 5.74) is 3.11. The highest BCUT2D eigenvalue weighted by atomic mass is 32.2. The predicted molar refractivity (Wildman–Crippen MR) is 122 cm³/mol. The highest BCUT2D eigenvalue weighted by molar-refractivity contribution is 7.92. The van der Waals surface area contributed by atoms with Crippen molar-refractivity contribution in [3.8, 4) is 34.5 Å². The standard InChI is InChI=1S/C23H21NO5S2/c1-27-13-5-6-16-10-12-21(30-16)23-18-14-15(24-31(3,25)26)9-11-17(18)22-19(28-2)7-4-8-20(22)29-23/h4,7-12,14,23-24H,13H2,1-3H3. The Kier molecular flexibility index (Phi) is 5.92. The average molecular weight is 456 g/mol. The second-order valence-corrected chi connectivity index (χ2v) is 9.81. The van der Waals surface area contributed by atoms with Crippen molar-refractivity contribution in [3.05, 3.63) is 63.8 Å². The van der Waals surface area contributed by atoms with Crippen LogP contribution in [0.1, 0.15) is 21.4 Å². The van der Waals surface area contributed by atoms with Gasteiger partial charge >= 0.3 is 0 Å². The molecule has 0 radical (unpaired) electrons. The van der Waals surface area contributed by atoms with E-state index in [9.17, 15) is 8.42 Å². The van der Waals surface area contributed by atoms with Crippen molar-refractivity contribution in [2.45, 2.75) is 6.10 Å². The van der Waals surface area contributed by atoms with E-state index < -0.39 is 16.1 Å². The van der Waals surface area contributed by atoms with E-state index >= 15 is 0 Å². The summed E-state index contributed by atoms with van der Waals surface area (Å²) in [4.78, 5) is 1.87. The lowest BCUT2D eigenvalue weighted by Crippen LogP contribution is -2.16. The molecule has 0 fully saturated rings. The number of rotatable bonds is 5. The number of anilines is 1. The maximum atomic E-state index is 11.8. The van der Waals surface area contributed by atoms with Crippen molar-refractivity contribution in [3.63, 3.8) is 0 Å². The number of fused-ring (bicyclic) bond motifs is 3. The fourth-order valence-electron chi connectivity index (χ4n) is 3.49. The van der Waals surface area contributed by atoms with E-state index in [1.807, 2.05) is 42.5 Å². The molecule has 160 valence electrons. The van der Waals surface area contributed by atoms with E-state index in [1.165, 1.54) is 11.3 Å². The second-order valence-electron chi connectivity index (χ2n) is 6.94. The Morgan fingerprint density at radius 1 is 1.16 bits per heavy atom. The van der Waals surface area contributed by atoms with Gasteiger partial charge in [0.15, 0.2) is 6.10 Å². The van der Waals surface area contributed by atoms with Crippen LogP contribution >= 0.6 is 11.3 Å². The maximum Gasteiger partial charge on any atom is 0.229 e. The molecule has 1 aliphatic rings. The highest BCUT2D eigenvalue weighted by Crippen LogP contribution is 2.50. The Labute approximate surface area is 185 Å². The largest absolute Gasteiger partial charge is 0.496 e. The van der Waals surface area contributed by atoms with Crippen LogP contribution in [0.3, 0.4) is 0 Å². The number of thiophene rings is 1. The molecule has 6 nitrogen and oxygen atoms in total. The van der Waals surface area contributed by atoms with E-state index in [2.05, 4.69) is 16.6 Å². The van der Waals surface area contributed by atoms with Crippen LogP contribution < -0.4 is 14.2 Å². The first-order valence-electron chi connectivity index (χ1n) is 9.43. The average Bonchev–Trinajstić information content (AvgIpc) is 3.20. The summed E-state index contributed by atoms with van der Waals surface area (Å²) >= 11 is 1.53. The fraction of sp³-hybridized carbons (Fsp3) is 0.217. The third kappa shape index (κ3) is 4.54. The lowest BCUT2D eigenvalue weighted by Gasteiger charge is -2.29. The van der Waals surface area contributed by atoms with Crippen molar-refractivity contribution in [1.82, 2.24) is 0 Å². The molecule has 8 heteroatoms. The van der Waals surface area contributed by atoms with Crippen molar-refractivity contribution >= 4 is 27.0 Å². The summed E-state index contributed by atoms with van der Waals surface area (Å²) in [5.74, 6) is 7.44. The molecular weight excluding hydrogens is 434 g/mol. The van der Waals surface area contributed by atoms with Crippen LogP contribution in [-0.4, -0.2) is 35.5 Å². The summed E-state index contributed by atoms with van der Waals surface area (Å²) < 4.78 is 43.0. The minimum atomic E-state index is -3.41. The zero-order valence-electron chi connectivity index (χ0n) is 17.3.